The van der Waals surface area contributed by atoms with Gasteiger partial charge in [-0.2, -0.15) is 26.3 Å². The highest BCUT2D eigenvalue weighted by atomic mass is 19.4. The summed E-state index contributed by atoms with van der Waals surface area (Å²) in [7, 11) is 0. The zero-order valence-corrected chi connectivity index (χ0v) is 7.73. The lowest BCUT2D eigenvalue weighted by Gasteiger charge is -2.14. The van der Waals surface area contributed by atoms with Crippen molar-refractivity contribution in [2.45, 2.75) is 12.4 Å². The predicted molar refractivity (Wildman–Crippen MR) is 41.2 cm³/mol. The number of halogens is 6. The Kier molecular flexibility index (Phi) is 3.04. The van der Waals surface area contributed by atoms with Crippen molar-refractivity contribution < 1.29 is 36.2 Å². The van der Waals surface area contributed by atoms with E-state index in [1.165, 1.54) is 0 Å². The normalized spacial score (nSPS) is 12.6. The molecule has 1 aromatic heterocycles. The van der Waals surface area contributed by atoms with Crippen LogP contribution in [0.4, 0.5) is 26.3 Å². The molecule has 0 amide bonds. The van der Waals surface area contributed by atoms with Crippen molar-refractivity contribution in [2.75, 3.05) is 0 Å². The number of alkyl halides is 6. The first kappa shape index (κ1) is 13.3. The van der Waals surface area contributed by atoms with E-state index < -0.39 is 35.1 Å². The fourth-order valence-corrected chi connectivity index (χ4v) is 1.13. The molecule has 17 heavy (non-hydrogen) atoms. The van der Waals surface area contributed by atoms with E-state index in [9.17, 15) is 31.1 Å². The van der Waals surface area contributed by atoms with Gasteiger partial charge in [-0.25, -0.2) is 4.79 Å². The van der Waals surface area contributed by atoms with Gasteiger partial charge in [0.1, 0.15) is 5.56 Å². The Morgan fingerprint density at radius 3 is 2.00 bits per heavy atom. The number of aromatic nitrogens is 1. The van der Waals surface area contributed by atoms with Gasteiger partial charge < -0.3 is 5.11 Å². The molecule has 0 bridgehead atoms. The van der Waals surface area contributed by atoms with Crippen LogP contribution in [0.25, 0.3) is 0 Å². The molecule has 94 valence electrons. The van der Waals surface area contributed by atoms with Crippen LogP contribution in [-0.4, -0.2) is 16.1 Å². The molecule has 0 saturated carbocycles. The summed E-state index contributed by atoms with van der Waals surface area (Å²) in [6.07, 6.45) is -10.2. The number of aromatic carboxylic acids is 1. The van der Waals surface area contributed by atoms with Crippen LogP contribution in [0.2, 0.25) is 0 Å². The van der Waals surface area contributed by atoms with Crippen molar-refractivity contribution >= 4 is 5.97 Å². The van der Waals surface area contributed by atoms with Crippen LogP contribution in [0.1, 0.15) is 21.6 Å². The maximum absolute atomic E-state index is 12.3. The van der Waals surface area contributed by atoms with E-state index in [1.807, 2.05) is 0 Å². The molecule has 1 aromatic rings. The Balaban J connectivity index is 3.61. The molecular weight excluding hydrogens is 256 g/mol. The van der Waals surface area contributed by atoms with Gasteiger partial charge in [-0.3, -0.25) is 4.98 Å². The van der Waals surface area contributed by atoms with Gasteiger partial charge in [-0.15, -0.1) is 0 Å². The lowest BCUT2D eigenvalue weighted by molar-refractivity contribution is -0.146. The smallest absolute Gasteiger partial charge is 0.434 e. The molecule has 0 radical (unpaired) electrons. The van der Waals surface area contributed by atoms with E-state index >= 15 is 0 Å². The molecule has 0 saturated heterocycles. The molecule has 3 nitrogen and oxygen atoms in total. The van der Waals surface area contributed by atoms with Gasteiger partial charge in [-0.05, 0) is 6.07 Å². The second-order valence-electron chi connectivity index (χ2n) is 2.88. The van der Waals surface area contributed by atoms with Gasteiger partial charge in [0.15, 0.2) is 5.69 Å². The number of rotatable bonds is 1. The van der Waals surface area contributed by atoms with Gasteiger partial charge in [0, 0.05) is 6.20 Å². The van der Waals surface area contributed by atoms with Crippen molar-refractivity contribution in [3.05, 3.63) is 29.1 Å². The minimum atomic E-state index is -5.27. The van der Waals surface area contributed by atoms with Gasteiger partial charge in [0.25, 0.3) is 0 Å². The summed E-state index contributed by atoms with van der Waals surface area (Å²) in [5.74, 6) is -2.34. The Morgan fingerprint density at radius 2 is 1.65 bits per heavy atom. The molecule has 0 atom stereocenters. The minimum absolute atomic E-state index is 0.179. The second-order valence-corrected chi connectivity index (χ2v) is 2.88. The summed E-state index contributed by atoms with van der Waals surface area (Å²) >= 11 is 0. The highest BCUT2D eigenvalue weighted by molar-refractivity contribution is 5.91. The number of hydrogen-bond acceptors (Lipinski definition) is 2. The summed E-state index contributed by atoms with van der Waals surface area (Å²) in [5, 5.41) is 8.43. The van der Waals surface area contributed by atoms with Crippen LogP contribution >= 0.6 is 0 Å². The van der Waals surface area contributed by atoms with Gasteiger partial charge in [-0.1, -0.05) is 0 Å². The van der Waals surface area contributed by atoms with Gasteiger partial charge >= 0.3 is 18.3 Å². The summed E-state index contributed by atoms with van der Waals surface area (Å²) < 4.78 is 73.8. The van der Waals surface area contributed by atoms with E-state index in [1.54, 1.807) is 0 Å². The van der Waals surface area contributed by atoms with Crippen molar-refractivity contribution in [1.82, 2.24) is 4.98 Å². The Hall–Kier alpha value is -1.80. The highest BCUT2D eigenvalue weighted by Crippen LogP contribution is 2.37. The second kappa shape index (κ2) is 3.90. The quantitative estimate of drug-likeness (QED) is 0.789. The highest BCUT2D eigenvalue weighted by Gasteiger charge is 2.44. The number of nitrogens with zero attached hydrogens (tertiary/aromatic N) is 1. The fraction of sp³-hybridized carbons (Fsp3) is 0.250. The van der Waals surface area contributed by atoms with Crippen LogP contribution in [0.5, 0.6) is 0 Å². The molecule has 0 fully saturated rings. The number of carboxylic acids is 1. The van der Waals surface area contributed by atoms with Crippen LogP contribution in [-0.2, 0) is 12.4 Å². The number of hydrogen-bond donors (Lipinski definition) is 1. The van der Waals surface area contributed by atoms with E-state index in [0.717, 1.165) is 0 Å². The number of carboxylic acid groups (broad SMARTS) is 1. The lowest BCUT2D eigenvalue weighted by Crippen LogP contribution is -2.21. The number of pyridine rings is 1. The average molecular weight is 259 g/mol. The first-order chi connectivity index (χ1) is 7.55. The molecule has 0 aliphatic carbocycles. The molecule has 0 aliphatic heterocycles. The van der Waals surface area contributed by atoms with Gasteiger partial charge in [0.05, 0.1) is 5.56 Å². The molecule has 9 heteroatoms. The van der Waals surface area contributed by atoms with E-state index in [4.69, 9.17) is 5.11 Å². The Labute approximate surface area is 89.7 Å². The third-order valence-corrected chi connectivity index (χ3v) is 1.74. The fourth-order valence-electron chi connectivity index (χ4n) is 1.13. The molecule has 0 aromatic carbocycles. The third kappa shape index (κ3) is 2.66. The molecule has 1 rings (SSSR count). The van der Waals surface area contributed by atoms with Crippen molar-refractivity contribution in [3.8, 4) is 0 Å². The van der Waals surface area contributed by atoms with Crippen LogP contribution in [0.3, 0.4) is 0 Å². The average Bonchev–Trinajstić information content (AvgIpc) is 2.13. The summed E-state index contributed by atoms with van der Waals surface area (Å²) in [6.45, 7) is 0. The topological polar surface area (TPSA) is 50.2 Å². The molecule has 0 aliphatic rings. The summed E-state index contributed by atoms with van der Waals surface area (Å²) in [6, 6.07) is 0.179. The largest absolute Gasteiger partial charge is 0.478 e. The summed E-state index contributed by atoms with van der Waals surface area (Å²) in [5.41, 5.74) is -5.85. The van der Waals surface area contributed by atoms with E-state index in [2.05, 4.69) is 4.98 Å². The molecular formula is C8H3F6NO2. The Morgan fingerprint density at radius 1 is 1.12 bits per heavy atom. The standard InChI is InChI=1S/C8H3F6NO2/c9-7(10,11)3-1-2-15-5(8(12,13)14)4(3)6(16)17/h1-2H,(H,16,17). The first-order valence-electron chi connectivity index (χ1n) is 3.92. The third-order valence-electron chi connectivity index (χ3n) is 1.74. The molecule has 0 unspecified atom stereocenters. The van der Waals surface area contributed by atoms with Crippen LogP contribution in [0, 0.1) is 0 Å². The minimum Gasteiger partial charge on any atom is -0.478 e. The first-order valence-corrected chi connectivity index (χ1v) is 3.92. The zero-order valence-electron chi connectivity index (χ0n) is 7.73. The summed E-state index contributed by atoms with van der Waals surface area (Å²) in [4.78, 5) is 13.1. The van der Waals surface area contributed by atoms with Crippen molar-refractivity contribution in [1.29, 1.82) is 0 Å². The molecule has 1 N–H and O–H groups in total. The maximum atomic E-state index is 12.3. The van der Waals surface area contributed by atoms with Crippen LogP contribution in [0.15, 0.2) is 12.3 Å². The molecule has 0 spiro atoms. The predicted octanol–water partition coefficient (Wildman–Crippen LogP) is 2.82. The van der Waals surface area contributed by atoms with Gasteiger partial charge in [0.2, 0.25) is 0 Å². The van der Waals surface area contributed by atoms with E-state index in [-0.39, 0.29) is 12.3 Å². The number of carbonyl (C=O) groups is 1. The van der Waals surface area contributed by atoms with Crippen LogP contribution < -0.4 is 0 Å². The van der Waals surface area contributed by atoms with E-state index in [0.29, 0.717) is 0 Å². The zero-order chi connectivity index (χ0) is 13.4. The Bertz CT molecular complexity index is 418. The lowest BCUT2D eigenvalue weighted by atomic mass is 10.1. The van der Waals surface area contributed by atoms with Crippen molar-refractivity contribution in [2.24, 2.45) is 0 Å². The molecule has 1 heterocycles. The monoisotopic (exact) mass is 259 g/mol. The van der Waals surface area contributed by atoms with Crippen molar-refractivity contribution in [3.63, 3.8) is 0 Å². The maximum Gasteiger partial charge on any atom is 0.434 e. The SMILES string of the molecule is O=C(O)c1c(C(F)(F)F)ccnc1C(F)(F)F.